The first-order valence-corrected chi connectivity index (χ1v) is 5.91. The highest BCUT2D eigenvalue weighted by Gasteiger charge is 2.31. The molecule has 0 unspecified atom stereocenters. The molecule has 2 aliphatic rings. The predicted octanol–water partition coefficient (Wildman–Crippen LogP) is 1.06. The van der Waals surface area contributed by atoms with Crippen molar-refractivity contribution in [3.63, 3.8) is 0 Å². The van der Waals surface area contributed by atoms with Gasteiger partial charge < -0.3 is 14.4 Å². The van der Waals surface area contributed by atoms with Crippen LogP contribution in [0.2, 0.25) is 0 Å². The number of rotatable bonds is 1. The van der Waals surface area contributed by atoms with E-state index < -0.39 is 4.92 Å². The summed E-state index contributed by atoms with van der Waals surface area (Å²) in [6.07, 6.45) is -0.0632. The zero-order valence-corrected chi connectivity index (χ0v) is 10.0. The van der Waals surface area contributed by atoms with E-state index in [2.05, 4.69) is 0 Å². The molecule has 1 atom stereocenters. The Morgan fingerprint density at radius 3 is 3.11 bits per heavy atom. The fourth-order valence-corrected chi connectivity index (χ4v) is 2.43. The minimum Gasteiger partial charge on any atom is -0.487 e. The Labute approximate surface area is 109 Å². The molecule has 1 saturated heterocycles. The zero-order chi connectivity index (χ0) is 13.4. The number of nitrogens with zero attached hydrogens (tertiary/aromatic N) is 3. The highest BCUT2D eigenvalue weighted by Crippen LogP contribution is 2.39. The number of nitro groups is 1. The molecule has 2 heterocycles. The van der Waals surface area contributed by atoms with E-state index in [1.165, 1.54) is 6.07 Å². The average molecular weight is 261 g/mol. The van der Waals surface area contributed by atoms with Gasteiger partial charge in [-0.3, -0.25) is 10.1 Å². The summed E-state index contributed by atoms with van der Waals surface area (Å²) in [7, 11) is 0. The first-order chi connectivity index (χ1) is 9.20. The second-order valence-electron chi connectivity index (χ2n) is 4.43. The van der Waals surface area contributed by atoms with E-state index in [1.807, 2.05) is 11.0 Å². The van der Waals surface area contributed by atoms with Crippen LogP contribution >= 0.6 is 0 Å². The summed E-state index contributed by atoms with van der Waals surface area (Å²) in [6.45, 7) is 2.26. The molecule has 7 heteroatoms. The van der Waals surface area contributed by atoms with Gasteiger partial charge in [0.2, 0.25) is 0 Å². The molecule has 98 valence electrons. The number of hydrogen-bond acceptors (Lipinski definition) is 6. The van der Waals surface area contributed by atoms with E-state index >= 15 is 0 Å². The van der Waals surface area contributed by atoms with Crippen LogP contribution in [0.25, 0.3) is 0 Å². The van der Waals surface area contributed by atoms with Crippen molar-refractivity contribution in [2.24, 2.45) is 0 Å². The van der Waals surface area contributed by atoms with Gasteiger partial charge in [0.05, 0.1) is 17.2 Å². The molecule has 3 rings (SSSR count). The number of anilines is 1. The van der Waals surface area contributed by atoms with Gasteiger partial charge in [-0.1, -0.05) is 0 Å². The molecule has 0 spiro atoms. The molecule has 2 bridgehead atoms. The summed E-state index contributed by atoms with van der Waals surface area (Å²) < 4.78 is 11.1. The summed E-state index contributed by atoms with van der Waals surface area (Å²) >= 11 is 0. The second kappa shape index (κ2) is 4.40. The third-order valence-corrected chi connectivity index (χ3v) is 3.32. The molecule has 1 fully saturated rings. The number of benzene rings is 1. The van der Waals surface area contributed by atoms with Crippen molar-refractivity contribution in [3.05, 3.63) is 27.8 Å². The molecule has 0 aliphatic carbocycles. The van der Waals surface area contributed by atoms with Crippen LogP contribution in [0.1, 0.15) is 5.56 Å². The normalized spacial score (nSPS) is 20.8. The number of hydrogen-bond donors (Lipinski definition) is 0. The largest absolute Gasteiger partial charge is 0.487 e. The molecule has 7 nitrogen and oxygen atoms in total. The van der Waals surface area contributed by atoms with E-state index in [1.54, 1.807) is 6.07 Å². The van der Waals surface area contributed by atoms with Gasteiger partial charge in [-0.05, 0) is 6.07 Å². The lowest BCUT2D eigenvalue weighted by molar-refractivity contribution is -0.385. The summed E-state index contributed by atoms with van der Waals surface area (Å²) in [4.78, 5) is 12.4. The highest BCUT2D eigenvalue weighted by molar-refractivity contribution is 5.71. The van der Waals surface area contributed by atoms with Crippen LogP contribution in [0.15, 0.2) is 12.1 Å². The number of morpholine rings is 1. The monoisotopic (exact) mass is 261 g/mol. The lowest BCUT2D eigenvalue weighted by Gasteiger charge is -2.31. The molecule has 0 amide bonds. The molecule has 2 aliphatic heterocycles. The van der Waals surface area contributed by atoms with Crippen LogP contribution in [-0.2, 0) is 4.74 Å². The van der Waals surface area contributed by atoms with Crippen LogP contribution in [0.3, 0.4) is 0 Å². The third kappa shape index (κ3) is 1.86. The average Bonchev–Trinajstić information content (AvgIpc) is 2.55. The standard InChI is InChI=1S/C12H11N3O4/c13-5-9-10(15(16)17)1-2-11-12(9)19-7-8-6-14(11)3-4-18-8/h1-2,8H,3-4,6-7H2/t8-/m1/s1. The van der Waals surface area contributed by atoms with Gasteiger partial charge in [-0.25, -0.2) is 0 Å². The highest BCUT2D eigenvalue weighted by atomic mass is 16.6. The molecule has 0 aromatic heterocycles. The summed E-state index contributed by atoms with van der Waals surface area (Å²) in [5, 5.41) is 20.1. The Kier molecular flexibility index (Phi) is 2.72. The Balaban J connectivity index is 2.15. The van der Waals surface area contributed by atoms with Gasteiger partial charge in [0, 0.05) is 19.2 Å². The molecule has 1 aromatic carbocycles. The number of nitriles is 1. The fourth-order valence-electron chi connectivity index (χ4n) is 2.43. The zero-order valence-electron chi connectivity index (χ0n) is 10.0. The van der Waals surface area contributed by atoms with E-state index in [0.717, 1.165) is 5.69 Å². The lowest BCUT2D eigenvalue weighted by atomic mass is 10.1. The summed E-state index contributed by atoms with van der Waals surface area (Å²) in [5.41, 5.74) is 0.489. The van der Waals surface area contributed by atoms with Crippen LogP contribution < -0.4 is 9.64 Å². The van der Waals surface area contributed by atoms with Gasteiger partial charge >= 0.3 is 0 Å². The van der Waals surface area contributed by atoms with E-state index in [4.69, 9.17) is 9.47 Å². The van der Waals surface area contributed by atoms with Crippen molar-refractivity contribution >= 4 is 11.4 Å². The first kappa shape index (κ1) is 11.7. The van der Waals surface area contributed by atoms with Crippen LogP contribution in [-0.4, -0.2) is 37.3 Å². The minimum absolute atomic E-state index is 0.0185. The number of nitro benzene ring substituents is 1. The van der Waals surface area contributed by atoms with Crippen molar-refractivity contribution in [2.45, 2.75) is 6.10 Å². The maximum atomic E-state index is 10.9. The van der Waals surface area contributed by atoms with Crippen molar-refractivity contribution < 1.29 is 14.4 Å². The van der Waals surface area contributed by atoms with E-state index in [-0.39, 0.29) is 17.4 Å². The van der Waals surface area contributed by atoms with Crippen LogP contribution in [0.5, 0.6) is 5.75 Å². The molecule has 0 saturated carbocycles. The minimum atomic E-state index is -0.564. The number of ether oxygens (including phenoxy) is 2. The van der Waals surface area contributed by atoms with E-state index in [0.29, 0.717) is 32.1 Å². The molecular formula is C12H11N3O4. The van der Waals surface area contributed by atoms with Gasteiger partial charge in [0.1, 0.15) is 18.8 Å². The second-order valence-corrected chi connectivity index (χ2v) is 4.43. The molecular weight excluding hydrogens is 250 g/mol. The Morgan fingerprint density at radius 2 is 2.37 bits per heavy atom. The fraction of sp³-hybridized carbons (Fsp3) is 0.417. The van der Waals surface area contributed by atoms with Crippen molar-refractivity contribution in [1.82, 2.24) is 0 Å². The topological polar surface area (TPSA) is 88.6 Å². The smallest absolute Gasteiger partial charge is 0.291 e. The Bertz CT molecular complexity index is 581. The van der Waals surface area contributed by atoms with Crippen LogP contribution in [0.4, 0.5) is 11.4 Å². The Hall–Kier alpha value is -2.33. The van der Waals surface area contributed by atoms with Gasteiger partial charge in [0.15, 0.2) is 11.3 Å². The molecule has 19 heavy (non-hydrogen) atoms. The van der Waals surface area contributed by atoms with Crippen molar-refractivity contribution in [2.75, 3.05) is 31.2 Å². The maximum absolute atomic E-state index is 10.9. The third-order valence-electron chi connectivity index (χ3n) is 3.32. The molecule has 1 aromatic rings. The van der Waals surface area contributed by atoms with Gasteiger partial charge in [-0.2, -0.15) is 5.26 Å². The summed E-state index contributed by atoms with van der Waals surface area (Å²) in [5.74, 6) is 0.296. The number of fused-ring (bicyclic) bond motifs is 4. The quantitative estimate of drug-likeness (QED) is 0.555. The summed E-state index contributed by atoms with van der Waals surface area (Å²) in [6, 6.07) is 4.88. The van der Waals surface area contributed by atoms with Crippen molar-refractivity contribution in [1.29, 1.82) is 5.26 Å². The van der Waals surface area contributed by atoms with Crippen LogP contribution in [0, 0.1) is 21.4 Å². The van der Waals surface area contributed by atoms with Gasteiger partial charge in [0.25, 0.3) is 5.69 Å². The maximum Gasteiger partial charge on any atom is 0.291 e. The van der Waals surface area contributed by atoms with E-state index in [9.17, 15) is 15.4 Å². The molecule has 0 radical (unpaired) electrons. The van der Waals surface area contributed by atoms with Crippen molar-refractivity contribution in [3.8, 4) is 11.8 Å². The predicted molar refractivity (Wildman–Crippen MR) is 65.3 cm³/mol. The molecule has 0 N–H and O–H groups in total. The SMILES string of the molecule is N#Cc1c([N+](=O)[O-])ccc2c1OC[C@H]1CN2CCO1. The lowest BCUT2D eigenvalue weighted by Crippen LogP contribution is -2.43. The Morgan fingerprint density at radius 1 is 1.53 bits per heavy atom. The first-order valence-electron chi connectivity index (χ1n) is 5.91. The van der Waals surface area contributed by atoms with Gasteiger partial charge in [-0.15, -0.1) is 0 Å².